The van der Waals surface area contributed by atoms with Gasteiger partial charge in [-0.15, -0.1) is 0 Å². The summed E-state index contributed by atoms with van der Waals surface area (Å²) in [4.78, 5) is 19.1. The number of hydrogen-bond acceptors (Lipinski definition) is 3. The van der Waals surface area contributed by atoms with Crippen LogP contribution in [-0.2, 0) is 0 Å². The van der Waals surface area contributed by atoms with Gasteiger partial charge in [0.2, 0.25) is 0 Å². The zero-order valence-corrected chi connectivity index (χ0v) is 30.1. The molecule has 0 bridgehead atoms. The number of amidine groups is 1. The molecule has 256 valence electrons. The molecule has 0 fully saturated rings. The van der Waals surface area contributed by atoms with E-state index in [4.69, 9.17) is 9.98 Å². The molecule has 4 nitrogen and oxygen atoms in total. The van der Waals surface area contributed by atoms with Gasteiger partial charge in [-0.25, -0.2) is 20.0 Å². The van der Waals surface area contributed by atoms with Gasteiger partial charge in [-0.2, -0.15) is 0 Å². The fourth-order valence-electron chi connectivity index (χ4n) is 6.52. The Labute approximate surface area is 311 Å². The molecule has 6 aromatic rings. The smallest absolute Gasteiger partial charge is 0.159 e. The summed E-state index contributed by atoms with van der Waals surface area (Å²) in [5.74, 6) is 1.29. The number of aliphatic imine (C=N–C) groups is 2. The lowest BCUT2D eigenvalue weighted by molar-refractivity contribution is 1.18. The van der Waals surface area contributed by atoms with Gasteiger partial charge in [0.1, 0.15) is 0 Å². The van der Waals surface area contributed by atoms with E-state index in [1.165, 1.54) is 21.5 Å². The van der Waals surface area contributed by atoms with Gasteiger partial charge < -0.3 is 0 Å². The highest BCUT2D eigenvalue weighted by Gasteiger charge is 2.14. The lowest BCUT2D eigenvalue weighted by atomic mass is 9.90. The van der Waals surface area contributed by atoms with Crippen LogP contribution in [0.15, 0.2) is 204 Å². The molecule has 0 atom stereocenters. The Bertz CT molecular complexity index is 2560. The van der Waals surface area contributed by atoms with Crippen LogP contribution in [0.2, 0.25) is 0 Å². The van der Waals surface area contributed by atoms with Crippen molar-refractivity contribution >= 4 is 38.8 Å². The van der Waals surface area contributed by atoms with Crippen LogP contribution >= 0.6 is 0 Å². The van der Waals surface area contributed by atoms with E-state index in [1.54, 1.807) is 12.4 Å². The van der Waals surface area contributed by atoms with E-state index >= 15 is 0 Å². The second-order valence-electron chi connectivity index (χ2n) is 12.8. The first-order valence-corrected chi connectivity index (χ1v) is 17.8. The molecule has 0 N–H and O–H groups in total. The van der Waals surface area contributed by atoms with Crippen molar-refractivity contribution in [1.82, 2.24) is 9.97 Å². The Kier molecular flexibility index (Phi) is 10.5. The number of benzene rings is 5. The normalized spacial score (nSPS) is 13.8. The molecule has 7 rings (SSSR count). The minimum Gasteiger partial charge on any atom is -0.237 e. The summed E-state index contributed by atoms with van der Waals surface area (Å²) in [6.45, 7) is 12.6. The standard InChI is InChI=1S/C49H40N4/c1-5-7-17-36(6-2)34(3)52-49(38-18-10-8-9-11-19-38)53-35(4)41-30-42(37-24-26-39(27-25-37)48-50-28-16-29-51-48)32-43(31-41)47-33-40-20-12-13-21-44(40)45-22-14-15-23-46(45)47/h5-10,12-33H,2,4,11H2,1,3H3/b7-5-,36-17+,52-34?,53-49?. The Morgan fingerprint density at radius 2 is 1.45 bits per heavy atom. The number of allylic oxidation sites excluding steroid dienone is 9. The summed E-state index contributed by atoms with van der Waals surface area (Å²) in [6.07, 6.45) is 22.5. The highest BCUT2D eigenvalue weighted by molar-refractivity contribution is 6.15. The maximum atomic E-state index is 5.18. The van der Waals surface area contributed by atoms with Gasteiger partial charge in [-0.05, 0) is 100.0 Å². The van der Waals surface area contributed by atoms with Crippen LogP contribution in [0.5, 0.6) is 0 Å². The minimum atomic E-state index is 0.594. The maximum absolute atomic E-state index is 5.18. The first kappa shape index (κ1) is 34.7. The molecule has 0 aliphatic heterocycles. The quantitative estimate of drug-likeness (QED) is 0.0659. The third-order valence-corrected chi connectivity index (χ3v) is 9.26. The number of hydrogen-bond donors (Lipinski definition) is 0. The van der Waals surface area contributed by atoms with E-state index < -0.39 is 0 Å². The molecule has 0 amide bonds. The highest BCUT2D eigenvalue weighted by Crippen LogP contribution is 2.38. The van der Waals surface area contributed by atoms with Crippen LogP contribution in [0.3, 0.4) is 0 Å². The Balaban J connectivity index is 1.41. The Morgan fingerprint density at radius 1 is 0.736 bits per heavy atom. The molecule has 1 aliphatic carbocycles. The third-order valence-electron chi connectivity index (χ3n) is 9.26. The van der Waals surface area contributed by atoms with Crippen molar-refractivity contribution < 1.29 is 0 Å². The molecular formula is C49H40N4. The molecule has 53 heavy (non-hydrogen) atoms. The largest absolute Gasteiger partial charge is 0.237 e. The second kappa shape index (κ2) is 16.1. The number of rotatable bonds is 9. The van der Waals surface area contributed by atoms with Gasteiger partial charge >= 0.3 is 0 Å². The lowest BCUT2D eigenvalue weighted by Gasteiger charge is -2.15. The van der Waals surface area contributed by atoms with Crippen LogP contribution in [0, 0.1) is 0 Å². The van der Waals surface area contributed by atoms with Gasteiger partial charge in [0.05, 0.1) is 5.70 Å². The molecule has 0 spiro atoms. The summed E-state index contributed by atoms with van der Waals surface area (Å²) >= 11 is 0. The average Bonchev–Trinajstić information content (AvgIpc) is 3.51. The summed E-state index contributed by atoms with van der Waals surface area (Å²) in [5, 5.41) is 4.82. The van der Waals surface area contributed by atoms with Gasteiger partial charge in [0, 0.05) is 34.8 Å². The van der Waals surface area contributed by atoms with E-state index in [-0.39, 0.29) is 0 Å². The minimum absolute atomic E-state index is 0.594. The summed E-state index contributed by atoms with van der Waals surface area (Å²) in [6, 6.07) is 36.3. The van der Waals surface area contributed by atoms with E-state index in [9.17, 15) is 0 Å². The van der Waals surface area contributed by atoms with Crippen molar-refractivity contribution in [3.63, 3.8) is 0 Å². The molecule has 4 heteroatoms. The molecule has 5 aromatic carbocycles. The molecule has 1 aliphatic rings. The third kappa shape index (κ3) is 7.78. The monoisotopic (exact) mass is 684 g/mol. The van der Waals surface area contributed by atoms with Crippen molar-refractivity contribution in [2.45, 2.75) is 20.3 Å². The van der Waals surface area contributed by atoms with E-state index in [0.29, 0.717) is 17.4 Å². The molecule has 1 heterocycles. The summed E-state index contributed by atoms with van der Waals surface area (Å²) < 4.78 is 0. The number of aromatic nitrogens is 2. The first-order chi connectivity index (χ1) is 26.0. The Hall–Kier alpha value is -6.78. The average molecular weight is 685 g/mol. The van der Waals surface area contributed by atoms with Crippen LogP contribution < -0.4 is 0 Å². The predicted molar refractivity (Wildman–Crippen MR) is 227 cm³/mol. The number of nitrogens with zero attached hydrogens (tertiary/aromatic N) is 4. The van der Waals surface area contributed by atoms with E-state index in [0.717, 1.165) is 56.7 Å². The van der Waals surface area contributed by atoms with Gasteiger partial charge in [0.15, 0.2) is 11.7 Å². The fourth-order valence-corrected chi connectivity index (χ4v) is 6.52. The molecule has 0 unspecified atom stereocenters. The van der Waals surface area contributed by atoms with E-state index in [2.05, 4.69) is 138 Å². The molecule has 1 aromatic heterocycles. The maximum Gasteiger partial charge on any atom is 0.159 e. The van der Waals surface area contributed by atoms with Crippen LogP contribution in [0.1, 0.15) is 25.8 Å². The fraction of sp³-hybridized carbons (Fsp3) is 0.0612. The van der Waals surface area contributed by atoms with Crippen LogP contribution in [0.25, 0.3) is 60.9 Å². The predicted octanol–water partition coefficient (Wildman–Crippen LogP) is 12.7. The van der Waals surface area contributed by atoms with Crippen molar-refractivity contribution in [3.05, 3.63) is 200 Å². The number of fused-ring (bicyclic) bond motifs is 3. The van der Waals surface area contributed by atoms with Gasteiger partial charge in [0.25, 0.3) is 0 Å². The van der Waals surface area contributed by atoms with Crippen molar-refractivity contribution in [1.29, 1.82) is 0 Å². The molecule has 0 saturated heterocycles. The van der Waals surface area contributed by atoms with Crippen molar-refractivity contribution in [3.8, 4) is 33.6 Å². The molecule has 0 saturated carbocycles. The topological polar surface area (TPSA) is 50.5 Å². The van der Waals surface area contributed by atoms with Crippen molar-refractivity contribution in [2.75, 3.05) is 0 Å². The Morgan fingerprint density at radius 3 is 2.23 bits per heavy atom. The van der Waals surface area contributed by atoms with E-state index in [1.807, 2.05) is 56.4 Å². The first-order valence-electron chi connectivity index (χ1n) is 17.8. The highest BCUT2D eigenvalue weighted by atomic mass is 14.9. The zero-order chi connectivity index (χ0) is 36.6. The second-order valence-corrected chi connectivity index (χ2v) is 12.8. The lowest BCUT2D eigenvalue weighted by Crippen LogP contribution is -2.05. The summed E-state index contributed by atoms with van der Waals surface area (Å²) in [7, 11) is 0. The van der Waals surface area contributed by atoms with Gasteiger partial charge in [-0.3, -0.25) is 0 Å². The van der Waals surface area contributed by atoms with Gasteiger partial charge in [-0.1, -0.05) is 141 Å². The summed E-state index contributed by atoms with van der Waals surface area (Å²) in [5.41, 5.74) is 9.48. The zero-order valence-electron chi connectivity index (χ0n) is 30.1. The van der Waals surface area contributed by atoms with Crippen molar-refractivity contribution in [2.24, 2.45) is 9.98 Å². The molecule has 0 radical (unpaired) electrons. The van der Waals surface area contributed by atoms with Crippen LogP contribution in [-0.4, -0.2) is 21.5 Å². The SMILES string of the molecule is C=C/C(=C\C=C/C)C(C)=NC(=NC(=C)c1cc(-c2ccc(-c3ncccn3)cc2)cc(-c2cc3ccccc3c3ccccc23)c1)C1=CCC=CC=C1. The molecular weight excluding hydrogens is 645 g/mol. The van der Waals surface area contributed by atoms with Crippen LogP contribution in [0.4, 0.5) is 0 Å².